The van der Waals surface area contributed by atoms with E-state index in [1.54, 1.807) is 13.2 Å². The first-order valence-corrected chi connectivity index (χ1v) is 11.8. The molecule has 0 unspecified atom stereocenters. The number of aryl methyl sites for hydroxylation is 1. The highest BCUT2D eigenvalue weighted by Crippen LogP contribution is 2.30. The maximum atomic E-state index is 11.0. The molecule has 0 aliphatic heterocycles. The molecular formula is C29H28N2O6. The second-order valence-electron chi connectivity index (χ2n) is 8.23. The molecule has 190 valence electrons. The number of methoxy groups -OCH3 is 1. The Bertz CT molecular complexity index is 1350. The first-order chi connectivity index (χ1) is 18.0. The van der Waals surface area contributed by atoms with Gasteiger partial charge in [0, 0.05) is 12.0 Å². The van der Waals surface area contributed by atoms with E-state index in [9.17, 15) is 4.79 Å². The molecule has 4 aromatic rings. The maximum absolute atomic E-state index is 11.0. The standard InChI is InChI=1S/C29H28N2O6/c1-20-25(30-29(37-20)23-11-7-4-8-12-23)19-35-26-15-13-21(17-27(26)34-2)18-36-31-24(14-16-28(32)33)22-9-5-3-6-10-22/h3-13,15,17H,14,16,18-19H2,1-2H3,(H,32,33)/b31-24+. The number of oxazole rings is 1. The lowest BCUT2D eigenvalue weighted by atomic mass is 10.1. The average molecular weight is 501 g/mol. The van der Waals surface area contributed by atoms with Gasteiger partial charge in [-0.2, -0.15) is 0 Å². The lowest BCUT2D eigenvalue weighted by Crippen LogP contribution is -2.06. The molecule has 0 radical (unpaired) electrons. The van der Waals surface area contributed by atoms with Crippen LogP contribution < -0.4 is 9.47 Å². The van der Waals surface area contributed by atoms with Crippen molar-refractivity contribution in [3.8, 4) is 23.0 Å². The zero-order valence-electron chi connectivity index (χ0n) is 20.7. The van der Waals surface area contributed by atoms with Crippen LogP contribution in [0.3, 0.4) is 0 Å². The summed E-state index contributed by atoms with van der Waals surface area (Å²) in [6.07, 6.45) is 0.234. The van der Waals surface area contributed by atoms with Gasteiger partial charge in [0.15, 0.2) is 11.5 Å². The summed E-state index contributed by atoms with van der Waals surface area (Å²) in [5, 5.41) is 13.3. The predicted molar refractivity (Wildman–Crippen MR) is 139 cm³/mol. The van der Waals surface area contributed by atoms with Crippen LogP contribution in [-0.4, -0.2) is 28.9 Å². The van der Waals surface area contributed by atoms with E-state index in [-0.39, 0.29) is 26.1 Å². The molecule has 8 heteroatoms. The fourth-order valence-electron chi connectivity index (χ4n) is 3.62. The molecule has 0 atom stereocenters. The minimum Gasteiger partial charge on any atom is -0.493 e. The first kappa shape index (κ1) is 25.5. The Hall–Kier alpha value is -4.59. The number of ether oxygens (including phenoxy) is 2. The number of carboxylic acids is 1. The molecule has 0 fully saturated rings. The maximum Gasteiger partial charge on any atom is 0.303 e. The van der Waals surface area contributed by atoms with Crippen molar-refractivity contribution in [1.82, 2.24) is 4.98 Å². The topological polar surface area (TPSA) is 103 Å². The number of oxime groups is 1. The van der Waals surface area contributed by atoms with Gasteiger partial charge in [-0.25, -0.2) is 4.98 Å². The Morgan fingerprint density at radius 3 is 2.38 bits per heavy atom. The van der Waals surface area contributed by atoms with E-state index >= 15 is 0 Å². The predicted octanol–water partition coefficient (Wildman–Crippen LogP) is 6.02. The number of carbonyl (C=O) groups is 1. The molecule has 1 aromatic heterocycles. The summed E-state index contributed by atoms with van der Waals surface area (Å²) in [5.74, 6) is 1.46. The van der Waals surface area contributed by atoms with Crippen LogP contribution in [0.5, 0.6) is 11.5 Å². The molecular weight excluding hydrogens is 472 g/mol. The van der Waals surface area contributed by atoms with E-state index in [1.165, 1.54) is 0 Å². The summed E-state index contributed by atoms with van der Waals surface area (Å²) in [5.41, 5.74) is 3.83. The van der Waals surface area contributed by atoms with Crippen LogP contribution in [0.25, 0.3) is 11.5 Å². The number of aliphatic carboxylic acids is 1. The number of hydrogen-bond donors (Lipinski definition) is 1. The van der Waals surface area contributed by atoms with E-state index in [2.05, 4.69) is 10.1 Å². The third-order valence-corrected chi connectivity index (χ3v) is 5.59. The number of hydrogen-bond acceptors (Lipinski definition) is 7. The molecule has 0 aliphatic carbocycles. The molecule has 37 heavy (non-hydrogen) atoms. The Labute approximate surface area is 215 Å². The van der Waals surface area contributed by atoms with Crippen LogP contribution in [-0.2, 0) is 22.8 Å². The fourth-order valence-corrected chi connectivity index (χ4v) is 3.62. The largest absolute Gasteiger partial charge is 0.493 e. The normalized spacial score (nSPS) is 11.2. The quantitative estimate of drug-likeness (QED) is 0.187. The number of nitrogens with zero attached hydrogens (tertiary/aromatic N) is 2. The second kappa shape index (κ2) is 12.4. The summed E-state index contributed by atoms with van der Waals surface area (Å²) >= 11 is 0. The molecule has 0 spiro atoms. The molecule has 4 rings (SSSR count). The van der Waals surface area contributed by atoms with Crippen molar-refractivity contribution in [2.45, 2.75) is 33.0 Å². The zero-order chi connectivity index (χ0) is 26.0. The summed E-state index contributed by atoms with van der Waals surface area (Å²) < 4.78 is 17.3. The highest BCUT2D eigenvalue weighted by molar-refractivity contribution is 6.01. The summed E-state index contributed by atoms with van der Waals surface area (Å²) in [6, 6.07) is 24.6. The Kier molecular flexibility index (Phi) is 8.54. The van der Waals surface area contributed by atoms with Gasteiger partial charge in [-0.1, -0.05) is 59.8 Å². The molecule has 0 bridgehead atoms. The van der Waals surface area contributed by atoms with Gasteiger partial charge >= 0.3 is 5.97 Å². The van der Waals surface area contributed by atoms with Gasteiger partial charge in [-0.3, -0.25) is 4.79 Å². The Morgan fingerprint density at radius 1 is 0.946 bits per heavy atom. The number of carboxylic acid groups (broad SMARTS) is 1. The third-order valence-electron chi connectivity index (χ3n) is 5.59. The molecule has 0 saturated carbocycles. The number of rotatable bonds is 12. The molecule has 8 nitrogen and oxygen atoms in total. The molecule has 0 aliphatic rings. The van der Waals surface area contributed by atoms with E-state index < -0.39 is 5.97 Å². The van der Waals surface area contributed by atoms with Gasteiger partial charge in [-0.15, -0.1) is 0 Å². The van der Waals surface area contributed by atoms with Crippen molar-refractivity contribution in [2.75, 3.05) is 7.11 Å². The van der Waals surface area contributed by atoms with Crippen LogP contribution in [0.4, 0.5) is 0 Å². The summed E-state index contributed by atoms with van der Waals surface area (Å²) in [4.78, 5) is 21.2. The van der Waals surface area contributed by atoms with E-state index in [0.717, 1.165) is 16.7 Å². The van der Waals surface area contributed by atoms with Crippen molar-refractivity contribution in [2.24, 2.45) is 5.16 Å². The lowest BCUT2D eigenvalue weighted by molar-refractivity contribution is -0.136. The molecule has 1 N–H and O–H groups in total. The fraction of sp³-hybridized carbons (Fsp3) is 0.207. The van der Waals surface area contributed by atoms with Crippen molar-refractivity contribution in [3.05, 3.63) is 101 Å². The van der Waals surface area contributed by atoms with E-state index in [4.69, 9.17) is 23.8 Å². The van der Waals surface area contributed by atoms with Gasteiger partial charge in [-0.05, 0) is 42.3 Å². The molecule has 3 aromatic carbocycles. The Morgan fingerprint density at radius 2 is 1.68 bits per heavy atom. The van der Waals surface area contributed by atoms with Gasteiger partial charge in [0.05, 0.1) is 19.2 Å². The first-order valence-electron chi connectivity index (χ1n) is 11.8. The minimum absolute atomic E-state index is 0.0330. The second-order valence-corrected chi connectivity index (χ2v) is 8.23. The minimum atomic E-state index is -0.888. The zero-order valence-corrected chi connectivity index (χ0v) is 20.7. The summed E-state index contributed by atoms with van der Waals surface area (Å²) in [6.45, 7) is 2.27. The van der Waals surface area contributed by atoms with Crippen molar-refractivity contribution in [1.29, 1.82) is 0 Å². The monoisotopic (exact) mass is 500 g/mol. The molecule has 1 heterocycles. The van der Waals surface area contributed by atoms with Crippen LogP contribution >= 0.6 is 0 Å². The van der Waals surface area contributed by atoms with Crippen molar-refractivity contribution in [3.63, 3.8) is 0 Å². The van der Waals surface area contributed by atoms with E-state index in [1.807, 2.05) is 79.7 Å². The molecule has 0 amide bonds. The van der Waals surface area contributed by atoms with Gasteiger partial charge in [0.25, 0.3) is 0 Å². The Balaban J connectivity index is 1.40. The van der Waals surface area contributed by atoms with Crippen molar-refractivity contribution < 1.29 is 28.6 Å². The number of aromatic nitrogens is 1. The third kappa shape index (κ3) is 6.98. The van der Waals surface area contributed by atoms with Crippen LogP contribution in [0.15, 0.2) is 88.4 Å². The van der Waals surface area contributed by atoms with Gasteiger partial charge < -0.3 is 23.8 Å². The lowest BCUT2D eigenvalue weighted by Gasteiger charge is -2.12. The highest BCUT2D eigenvalue weighted by Gasteiger charge is 2.14. The molecule has 0 saturated heterocycles. The number of benzene rings is 3. The SMILES string of the molecule is COc1cc(CO/N=C(\CCC(=O)O)c2ccccc2)ccc1OCc1nc(-c2ccccc2)oc1C. The van der Waals surface area contributed by atoms with Crippen molar-refractivity contribution >= 4 is 11.7 Å². The summed E-state index contributed by atoms with van der Waals surface area (Å²) in [7, 11) is 1.57. The van der Waals surface area contributed by atoms with E-state index in [0.29, 0.717) is 34.6 Å². The average Bonchev–Trinajstić information content (AvgIpc) is 3.30. The van der Waals surface area contributed by atoms with Crippen LogP contribution in [0.2, 0.25) is 0 Å². The van der Waals surface area contributed by atoms with Gasteiger partial charge in [0.2, 0.25) is 5.89 Å². The van der Waals surface area contributed by atoms with Crippen LogP contribution in [0.1, 0.15) is 35.4 Å². The highest BCUT2D eigenvalue weighted by atomic mass is 16.6. The van der Waals surface area contributed by atoms with Gasteiger partial charge in [0.1, 0.15) is 24.7 Å². The smallest absolute Gasteiger partial charge is 0.303 e. The van der Waals surface area contributed by atoms with Crippen LogP contribution in [0, 0.1) is 6.92 Å².